The molecule has 5 nitrogen and oxygen atoms in total. The molecular formula is C6H9NO4. The predicted molar refractivity (Wildman–Crippen MR) is 36.9 cm³/mol. The largest absolute Gasteiger partial charge is 0.464 e. The van der Waals surface area contributed by atoms with Crippen LogP contribution in [0.25, 0.3) is 0 Å². The normalized spacial score (nSPS) is 11.8. The SMILES string of the molecule is CCOC(=O)C(N=O)C(C)=O. The second-order valence-corrected chi connectivity index (χ2v) is 1.87. The Morgan fingerprint density at radius 2 is 2.09 bits per heavy atom. The van der Waals surface area contributed by atoms with Crippen LogP contribution in [0.4, 0.5) is 0 Å². The summed E-state index contributed by atoms with van der Waals surface area (Å²) in [5.74, 6) is -1.48. The minimum Gasteiger partial charge on any atom is -0.464 e. The van der Waals surface area contributed by atoms with Gasteiger partial charge < -0.3 is 4.74 Å². The number of ether oxygens (including phenoxy) is 1. The highest BCUT2D eigenvalue weighted by molar-refractivity contribution is 6.02. The van der Waals surface area contributed by atoms with E-state index in [0.717, 1.165) is 6.92 Å². The standard InChI is InChI=1S/C6H9NO4/c1-3-11-6(9)5(7-10)4(2)8/h5H,3H2,1-2H3. The van der Waals surface area contributed by atoms with Gasteiger partial charge in [-0.05, 0) is 19.0 Å². The maximum atomic E-state index is 10.7. The zero-order valence-electron chi connectivity index (χ0n) is 6.36. The Morgan fingerprint density at radius 1 is 1.55 bits per heavy atom. The molecule has 0 aliphatic rings. The molecule has 0 aromatic rings. The number of rotatable bonds is 4. The highest BCUT2D eigenvalue weighted by Crippen LogP contribution is 1.95. The van der Waals surface area contributed by atoms with Crippen molar-refractivity contribution in [2.45, 2.75) is 19.9 Å². The van der Waals surface area contributed by atoms with Crippen molar-refractivity contribution in [1.29, 1.82) is 0 Å². The number of ketones is 1. The Hall–Kier alpha value is -1.26. The van der Waals surface area contributed by atoms with E-state index in [4.69, 9.17) is 0 Å². The predicted octanol–water partition coefficient (Wildman–Crippen LogP) is 0.273. The van der Waals surface area contributed by atoms with E-state index in [2.05, 4.69) is 9.91 Å². The second kappa shape index (κ2) is 4.54. The monoisotopic (exact) mass is 159 g/mol. The molecule has 0 amide bonds. The van der Waals surface area contributed by atoms with Crippen LogP contribution in [0.15, 0.2) is 5.18 Å². The van der Waals surface area contributed by atoms with Gasteiger partial charge in [0.1, 0.15) is 0 Å². The topological polar surface area (TPSA) is 72.8 Å². The summed E-state index contributed by atoms with van der Waals surface area (Å²) < 4.78 is 4.40. The molecule has 0 saturated carbocycles. The number of carbonyl (C=O) groups is 2. The van der Waals surface area contributed by atoms with Crippen LogP contribution >= 0.6 is 0 Å². The molecule has 11 heavy (non-hydrogen) atoms. The molecule has 62 valence electrons. The summed E-state index contributed by atoms with van der Waals surface area (Å²) in [5.41, 5.74) is 0. The summed E-state index contributed by atoms with van der Waals surface area (Å²) >= 11 is 0. The fourth-order valence-electron chi connectivity index (χ4n) is 0.504. The summed E-state index contributed by atoms with van der Waals surface area (Å²) in [6.07, 6.45) is 0. The highest BCUT2D eigenvalue weighted by Gasteiger charge is 2.25. The lowest BCUT2D eigenvalue weighted by molar-refractivity contribution is -0.147. The van der Waals surface area contributed by atoms with Crippen molar-refractivity contribution >= 4 is 11.8 Å². The number of carbonyl (C=O) groups excluding carboxylic acids is 2. The van der Waals surface area contributed by atoms with Crippen LogP contribution in [-0.2, 0) is 14.3 Å². The molecule has 0 radical (unpaired) electrons. The maximum absolute atomic E-state index is 10.7. The molecule has 0 spiro atoms. The van der Waals surface area contributed by atoms with Crippen molar-refractivity contribution < 1.29 is 14.3 Å². The van der Waals surface area contributed by atoms with Crippen molar-refractivity contribution in [2.24, 2.45) is 5.18 Å². The number of hydrogen-bond donors (Lipinski definition) is 0. The third-order valence-corrected chi connectivity index (χ3v) is 1.00. The number of hydrogen-bond acceptors (Lipinski definition) is 5. The third kappa shape index (κ3) is 2.88. The summed E-state index contributed by atoms with van der Waals surface area (Å²) in [4.78, 5) is 31.1. The van der Waals surface area contributed by atoms with Crippen LogP contribution in [0.1, 0.15) is 13.8 Å². The van der Waals surface area contributed by atoms with Crippen molar-refractivity contribution in [3.8, 4) is 0 Å². The first-order chi connectivity index (χ1) is 5.13. The molecule has 1 unspecified atom stereocenters. The first-order valence-corrected chi connectivity index (χ1v) is 3.13. The van der Waals surface area contributed by atoms with Crippen molar-refractivity contribution in [2.75, 3.05) is 6.61 Å². The molecule has 0 aliphatic heterocycles. The number of nitroso groups, excluding NO2 is 1. The Morgan fingerprint density at radius 3 is 2.36 bits per heavy atom. The molecule has 0 bridgehead atoms. The first kappa shape index (κ1) is 9.74. The van der Waals surface area contributed by atoms with Gasteiger partial charge >= 0.3 is 5.97 Å². The van der Waals surface area contributed by atoms with E-state index in [-0.39, 0.29) is 6.61 Å². The van der Waals surface area contributed by atoms with Crippen LogP contribution in [0.5, 0.6) is 0 Å². The lowest BCUT2D eigenvalue weighted by Crippen LogP contribution is -2.27. The smallest absolute Gasteiger partial charge is 0.342 e. The van der Waals surface area contributed by atoms with Crippen LogP contribution < -0.4 is 0 Å². The summed E-state index contributed by atoms with van der Waals surface area (Å²) in [6, 6.07) is -1.49. The van der Waals surface area contributed by atoms with Crippen LogP contribution in [-0.4, -0.2) is 24.4 Å². The molecule has 0 N–H and O–H groups in total. The van der Waals surface area contributed by atoms with Crippen LogP contribution in [0, 0.1) is 4.91 Å². The van der Waals surface area contributed by atoms with Gasteiger partial charge in [0.15, 0.2) is 5.78 Å². The van der Waals surface area contributed by atoms with E-state index in [1.165, 1.54) is 0 Å². The Kier molecular flexibility index (Phi) is 4.02. The maximum Gasteiger partial charge on any atom is 0.342 e. The van der Waals surface area contributed by atoms with E-state index >= 15 is 0 Å². The van der Waals surface area contributed by atoms with E-state index < -0.39 is 17.8 Å². The molecule has 0 aromatic heterocycles. The van der Waals surface area contributed by atoms with Gasteiger partial charge in [-0.1, -0.05) is 0 Å². The fraction of sp³-hybridized carbons (Fsp3) is 0.667. The van der Waals surface area contributed by atoms with E-state index in [0.29, 0.717) is 0 Å². The summed E-state index contributed by atoms with van der Waals surface area (Å²) in [7, 11) is 0. The lowest BCUT2D eigenvalue weighted by atomic mass is 10.2. The number of esters is 1. The van der Waals surface area contributed by atoms with Gasteiger partial charge in [-0.25, -0.2) is 4.79 Å². The van der Waals surface area contributed by atoms with Gasteiger partial charge in [0.2, 0.25) is 6.04 Å². The summed E-state index contributed by atoms with van der Waals surface area (Å²) in [5, 5.41) is 2.33. The van der Waals surface area contributed by atoms with Gasteiger partial charge in [0.25, 0.3) is 0 Å². The Labute approximate surface area is 63.7 Å². The van der Waals surface area contributed by atoms with E-state index in [1.54, 1.807) is 6.92 Å². The quantitative estimate of drug-likeness (QED) is 0.335. The zero-order chi connectivity index (χ0) is 8.85. The van der Waals surface area contributed by atoms with Crippen molar-refractivity contribution in [3.05, 3.63) is 4.91 Å². The lowest BCUT2D eigenvalue weighted by Gasteiger charge is -2.02. The molecule has 1 atom stereocenters. The van der Waals surface area contributed by atoms with E-state index in [9.17, 15) is 14.5 Å². The molecular weight excluding hydrogens is 150 g/mol. The Bertz CT molecular complexity index is 177. The van der Waals surface area contributed by atoms with Crippen molar-refractivity contribution in [1.82, 2.24) is 0 Å². The minimum absolute atomic E-state index is 0.137. The fourth-order valence-corrected chi connectivity index (χ4v) is 0.504. The Balaban J connectivity index is 4.14. The van der Waals surface area contributed by atoms with Gasteiger partial charge in [-0.2, -0.15) is 0 Å². The molecule has 5 heteroatoms. The summed E-state index contributed by atoms with van der Waals surface area (Å²) in [6.45, 7) is 2.83. The first-order valence-electron chi connectivity index (χ1n) is 3.13. The average Bonchev–Trinajstić information content (AvgIpc) is 1.88. The van der Waals surface area contributed by atoms with E-state index in [1.807, 2.05) is 0 Å². The highest BCUT2D eigenvalue weighted by atomic mass is 16.5. The molecule has 0 aliphatic carbocycles. The van der Waals surface area contributed by atoms with Gasteiger partial charge in [0, 0.05) is 0 Å². The number of Topliss-reactive ketones (excluding diaryl/α,β-unsaturated/α-hetero) is 1. The van der Waals surface area contributed by atoms with Gasteiger partial charge in [-0.15, -0.1) is 4.91 Å². The molecule has 0 rings (SSSR count). The third-order valence-electron chi connectivity index (χ3n) is 1.00. The van der Waals surface area contributed by atoms with Gasteiger partial charge in [-0.3, -0.25) is 4.79 Å². The van der Waals surface area contributed by atoms with Crippen molar-refractivity contribution in [3.63, 3.8) is 0 Å². The second-order valence-electron chi connectivity index (χ2n) is 1.87. The zero-order valence-corrected chi connectivity index (χ0v) is 6.36. The minimum atomic E-state index is -1.49. The van der Waals surface area contributed by atoms with Crippen LogP contribution in [0.3, 0.4) is 0 Å². The molecule has 0 fully saturated rings. The molecule has 0 heterocycles. The molecule has 0 aromatic carbocycles. The number of nitrogens with zero attached hydrogens (tertiary/aromatic N) is 1. The van der Waals surface area contributed by atoms with Gasteiger partial charge in [0.05, 0.1) is 6.61 Å². The molecule has 0 saturated heterocycles. The average molecular weight is 159 g/mol. The van der Waals surface area contributed by atoms with Crippen LogP contribution in [0.2, 0.25) is 0 Å².